The number of amides is 1. The topological polar surface area (TPSA) is 67.2 Å². The molecule has 31 heavy (non-hydrogen) atoms. The predicted molar refractivity (Wildman–Crippen MR) is 122 cm³/mol. The number of hydrogen-bond donors (Lipinski definition) is 0. The summed E-state index contributed by atoms with van der Waals surface area (Å²) in [7, 11) is 0. The number of aromatic nitrogens is 4. The molecule has 2 aliphatic rings. The Balaban J connectivity index is 1.50. The first-order valence-electron chi connectivity index (χ1n) is 11.5. The van der Waals surface area contributed by atoms with Crippen LogP contribution in [-0.2, 0) is 11.2 Å². The first-order valence-corrected chi connectivity index (χ1v) is 11.5. The van der Waals surface area contributed by atoms with Gasteiger partial charge in [0.25, 0.3) is 0 Å². The maximum atomic E-state index is 12.8. The standard InChI is InChI=1S/C24H30N6O/c1-3-20-25-22(28-13-8-14-29(16-15-28)24(31)18-9-7-10-18)21-17(2)27-30(23(21)26-20)19-11-5-4-6-12-19/h4-6,11-12,18H,3,7-10,13-16H2,1-2H3. The largest absolute Gasteiger partial charge is 0.354 e. The lowest BCUT2D eigenvalue weighted by molar-refractivity contribution is -0.137. The number of rotatable bonds is 4. The van der Waals surface area contributed by atoms with E-state index in [0.29, 0.717) is 5.91 Å². The lowest BCUT2D eigenvalue weighted by Crippen LogP contribution is -2.41. The highest BCUT2D eigenvalue weighted by molar-refractivity contribution is 5.91. The van der Waals surface area contributed by atoms with E-state index in [1.54, 1.807) is 0 Å². The van der Waals surface area contributed by atoms with Crippen molar-refractivity contribution in [2.24, 2.45) is 5.92 Å². The first kappa shape index (κ1) is 20.0. The second-order valence-electron chi connectivity index (χ2n) is 8.64. The van der Waals surface area contributed by atoms with E-state index in [0.717, 1.165) is 85.9 Å². The number of para-hydroxylation sites is 1. The van der Waals surface area contributed by atoms with Crippen molar-refractivity contribution in [2.75, 3.05) is 31.1 Å². The van der Waals surface area contributed by atoms with E-state index in [1.165, 1.54) is 6.42 Å². The fourth-order valence-electron chi connectivity index (χ4n) is 4.60. The van der Waals surface area contributed by atoms with Crippen LogP contribution in [0.4, 0.5) is 5.82 Å². The molecule has 3 aromatic rings. The van der Waals surface area contributed by atoms with Crippen molar-refractivity contribution in [1.29, 1.82) is 0 Å². The summed E-state index contributed by atoms with van der Waals surface area (Å²) < 4.78 is 1.93. The quantitative estimate of drug-likeness (QED) is 0.648. The molecule has 162 valence electrons. The minimum atomic E-state index is 0.260. The van der Waals surface area contributed by atoms with Gasteiger partial charge in [0.15, 0.2) is 5.65 Å². The van der Waals surface area contributed by atoms with Gasteiger partial charge in [-0.05, 0) is 38.3 Å². The second kappa shape index (κ2) is 8.29. The molecule has 1 aliphatic heterocycles. The Morgan fingerprint density at radius 2 is 1.84 bits per heavy atom. The Kier molecular flexibility index (Phi) is 5.34. The normalized spacial score (nSPS) is 17.6. The average Bonchev–Trinajstić information content (AvgIpc) is 2.93. The molecule has 0 radical (unpaired) electrons. The lowest BCUT2D eigenvalue weighted by atomic mass is 9.84. The van der Waals surface area contributed by atoms with Crippen LogP contribution in [0.15, 0.2) is 30.3 Å². The Hall–Kier alpha value is -2.96. The van der Waals surface area contributed by atoms with Crippen molar-refractivity contribution in [2.45, 2.75) is 46.0 Å². The summed E-state index contributed by atoms with van der Waals surface area (Å²) >= 11 is 0. The molecule has 1 aromatic carbocycles. The molecule has 7 heteroatoms. The second-order valence-corrected chi connectivity index (χ2v) is 8.64. The third kappa shape index (κ3) is 3.66. The van der Waals surface area contributed by atoms with Crippen LogP contribution in [0.3, 0.4) is 0 Å². The van der Waals surface area contributed by atoms with Gasteiger partial charge in [0.1, 0.15) is 11.6 Å². The van der Waals surface area contributed by atoms with Gasteiger partial charge in [-0.15, -0.1) is 0 Å². The summed E-state index contributed by atoms with van der Waals surface area (Å²) in [5, 5.41) is 5.84. The molecule has 0 unspecified atom stereocenters. The van der Waals surface area contributed by atoms with E-state index in [4.69, 9.17) is 15.1 Å². The van der Waals surface area contributed by atoms with Gasteiger partial charge in [0.2, 0.25) is 5.91 Å². The summed E-state index contributed by atoms with van der Waals surface area (Å²) in [5.74, 6) is 2.39. The Bertz CT molecular complexity index is 1090. The molecule has 0 atom stereocenters. The SMILES string of the molecule is CCc1nc(N2CCCN(C(=O)C3CCC3)CC2)c2c(C)nn(-c3ccccc3)c2n1. The van der Waals surface area contributed by atoms with Crippen LogP contribution in [0.1, 0.15) is 44.1 Å². The highest BCUT2D eigenvalue weighted by Crippen LogP contribution is 2.31. The fourth-order valence-corrected chi connectivity index (χ4v) is 4.60. The zero-order valence-electron chi connectivity index (χ0n) is 18.4. The van der Waals surface area contributed by atoms with Crippen molar-refractivity contribution in [1.82, 2.24) is 24.6 Å². The van der Waals surface area contributed by atoms with Crippen LogP contribution in [-0.4, -0.2) is 56.7 Å². The van der Waals surface area contributed by atoms with E-state index in [2.05, 4.69) is 28.9 Å². The number of nitrogens with zero attached hydrogens (tertiary/aromatic N) is 6. The highest BCUT2D eigenvalue weighted by atomic mass is 16.2. The Labute approximate surface area is 183 Å². The van der Waals surface area contributed by atoms with E-state index in [-0.39, 0.29) is 5.92 Å². The Morgan fingerprint density at radius 1 is 1.03 bits per heavy atom. The van der Waals surface area contributed by atoms with Gasteiger partial charge in [-0.2, -0.15) is 5.10 Å². The van der Waals surface area contributed by atoms with Crippen LogP contribution in [0.25, 0.3) is 16.7 Å². The molecule has 0 bridgehead atoms. The van der Waals surface area contributed by atoms with E-state index in [1.807, 2.05) is 29.8 Å². The molecule has 5 rings (SSSR count). The highest BCUT2D eigenvalue weighted by Gasteiger charge is 2.31. The molecule has 0 spiro atoms. The zero-order chi connectivity index (χ0) is 21.4. The van der Waals surface area contributed by atoms with Crippen molar-refractivity contribution in [3.8, 4) is 5.69 Å². The monoisotopic (exact) mass is 418 g/mol. The van der Waals surface area contributed by atoms with Crippen LogP contribution in [0.5, 0.6) is 0 Å². The van der Waals surface area contributed by atoms with Gasteiger partial charge in [0, 0.05) is 38.5 Å². The molecule has 7 nitrogen and oxygen atoms in total. The number of anilines is 1. The molecule has 1 aliphatic carbocycles. The van der Waals surface area contributed by atoms with Gasteiger partial charge in [-0.25, -0.2) is 14.6 Å². The van der Waals surface area contributed by atoms with Crippen LogP contribution in [0, 0.1) is 12.8 Å². The molecule has 1 saturated heterocycles. The lowest BCUT2D eigenvalue weighted by Gasteiger charge is -2.31. The van der Waals surface area contributed by atoms with E-state index in [9.17, 15) is 4.79 Å². The molecular weight excluding hydrogens is 388 g/mol. The summed E-state index contributed by atoms with van der Waals surface area (Å²) in [6.45, 7) is 7.40. The maximum Gasteiger partial charge on any atom is 0.225 e. The van der Waals surface area contributed by atoms with Crippen molar-refractivity contribution >= 4 is 22.8 Å². The molecule has 3 heterocycles. The van der Waals surface area contributed by atoms with Crippen LogP contribution >= 0.6 is 0 Å². The Morgan fingerprint density at radius 3 is 2.55 bits per heavy atom. The van der Waals surface area contributed by atoms with Crippen LogP contribution in [0.2, 0.25) is 0 Å². The van der Waals surface area contributed by atoms with E-state index >= 15 is 0 Å². The summed E-state index contributed by atoms with van der Waals surface area (Å²) in [6.07, 6.45) is 5.03. The first-order chi connectivity index (χ1) is 15.2. The zero-order valence-corrected chi connectivity index (χ0v) is 18.4. The number of aryl methyl sites for hydroxylation is 2. The third-order valence-electron chi connectivity index (χ3n) is 6.61. The number of benzene rings is 1. The predicted octanol–water partition coefficient (Wildman–Crippen LogP) is 3.53. The number of carbonyl (C=O) groups excluding carboxylic acids is 1. The minimum absolute atomic E-state index is 0.260. The van der Waals surface area contributed by atoms with Crippen molar-refractivity contribution in [3.63, 3.8) is 0 Å². The molecule has 1 saturated carbocycles. The van der Waals surface area contributed by atoms with Crippen molar-refractivity contribution < 1.29 is 4.79 Å². The van der Waals surface area contributed by atoms with Crippen LogP contribution < -0.4 is 4.90 Å². The number of carbonyl (C=O) groups is 1. The van der Waals surface area contributed by atoms with Gasteiger partial charge in [-0.3, -0.25) is 4.79 Å². The van der Waals surface area contributed by atoms with E-state index < -0.39 is 0 Å². The molecular formula is C24H30N6O. The smallest absolute Gasteiger partial charge is 0.225 e. The molecule has 2 aromatic heterocycles. The minimum Gasteiger partial charge on any atom is -0.354 e. The van der Waals surface area contributed by atoms with Gasteiger partial charge in [0.05, 0.1) is 16.8 Å². The molecule has 0 N–H and O–H groups in total. The van der Waals surface area contributed by atoms with Gasteiger partial charge >= 0.3 is 0 Å². The maximum absolute atomic E-state index is 12.8. The third-order valence-corrected chi connectivity index (χ3v) is 6.61. The summed E-state index contributed by atoms with van der Waals surface area (Å²) in [6, 6.07) is 10.1. The number of fused-ring (bicyclic) bond motifs is 1. The molecule has 2 fully saturated rings. The van der Waals surface area contributed by atoms with Crippen molar-refractivity contribution in [3.05, 3.63) is 41.9 Å². The fraction of sp³-hybridized carbons (Fsp3) is 0.500. The summed E-state index contributed by atoms with van der Waals surface area (Å²) in [4.78, 5) is 27.0. The average molecular weight is 419 g/mol. The van der Waals surface area contributed by atoms with Gasteiger partial charge < -0.3 is 9.80 Å². The molecule has 1 amide bonds. The van der Waals surface area contributed by atoms with Gasteiger partial charge in [-0.1, -0.05) is 31.5 Å². The summed E-state index contributed by atoms with van der Waals surface area (Å²) in [5.41, 5.74) is 2.79. The number of hydrogen-bond acceptors (Lipinski definition) is 5.